The van der Waals surface area contributed by atoms with Gasteiger partial charge in [-0.05, 0) is 13.8 Å². The van der Waals surface area contributed by atoms with Gasteiger partial charge in [-0.15, -0.1) is 11.3 Å². The fraction of sp³-hybridized carbons (Fsp3) is 0.500. The summed E-state index contributed by atoms with van der Waals surface area (Å²) in [6.07, 6.45) is -1.37. The van der Waals surface area contributed by atoms with Crippen LogP contribution in [0.1, 0.15) is 21.9 Å². The molecule has 1 aromatic heterocycles. The second kappa shape index (κ2) is 2.65. The molecule has 0 saturated carbocycles. The summed E-state index contributed by atoms with van der Waals surface area (Å²) in [5.74, 6) is 0. The Morgan fingerprint density at radius 2 is 2.00 bits per heavy atom. The summed E-state index contributed by atoms with van der Waals surface area (Å²) < 4.78 is 0. The van der Waals surface area contributed by atoms with Gasteiger partial charge in [-0.2, -0.15) is 0 Å². The maximum Gasteiger partial charge on any atom is 0.189 e. The molecule has 1 rings (SSSR count). The van der Waals surface area contributed by atoms with Crippen molar-refractivity contribution in [1.82, 2.24) is 4.98 Å². The molecule has 2 N–H and O–H groups in total. The average molecular weight is 159 g/mol. The fourth-order valence-corrected chi connectivity index (χ4v) is 1.59. The van der Waals surface area contributed by atoms with E-state index < -0.39 is 6.29 Å². The lowest BCUT2D eigenvalue weighted by Gasteiger charge is -1.97. The topological polar surface area (TPSA) is 53.4 Å². The molecule has 0 unspecified atom stereocenters. The van der Waals surface area contributed by atoms with Gasteiger partial charge in [-0.25, -0.2) is 4.98 Å². The number of aryl methyl sites for hydroxylation is 2. The minimum Gasteiger partial charge on any atom is -0.364 e. The van der Waals surface area contributed by atoms with E-state index in [1.807, 2.05) is 6.92 Å². The van der Waals surface area contributed by atoms with Crippen LogP contribution in [0.4, 0.5) is 0 Å². The number of aliphatic hydroxyl groups excluding tert-OH is 1. The summed E-state index contributed by atoms with van der Waals surface area (Å²) in [7, 11) is 0. The molecular formula is C6H9NO2S. The van der Waals surface area contributed by atoms with Gasteiger partial charge in [0.2, 0.25) is 0 Å². The lowest BCUT2D eigenvalue weighted by atomic mass is 10.4. The Labute approximate surface area is 63.0 Å². The predicted octanol–water partition coefficient (Wildman–Crippen LogP) is 0.743. The number of nitrogens with zero attached hydrogens (tertiary/aromatic N) is 1. The Bertz CT molecular complexity index is 232. The van der Waals surface area contributed by atoms with E-state index in [9.17, 15) is 0 Å². The zero-order chi connectivity index (χ0) is 7.72. The van der Waals surface area contributed by atoms with E-state index >= 15 is 0 Å². The van der Waals surface area contributed by atoms with Gasteiger partial charge in [-0.1, -0.05) is 0 Å². The molecule has 3 nitrogen and oxygen atoms in total. The highest BCUT2D eigenvalue weighted by Crippen LogP contribution is 2.22. The molecule has 0 amide bonds. The molecule has 0 atom stereocenters. The second-order valence-electron chi connectivity index (χ2n) is 2.06. The molecular weight excluding hydrogens is 150 g/mol. The molecule has 0 fully saturated rings. The highest BCUT2D eigenvalue weighted by atomic mass is 32.1. The van der Waals surface area contributed by atoms with Crippen molar-refractivity contribution in [3.8, 4) is 0 Å². The zero-order valence-electron chi connectivity index (χ0n) is 5.83. The third-order valence-electron chi connectivity index (χ3n) is 1.17. The van der Waals surface area contributed by atoms with Crippen LogP contribution in [0.2, 0.25) is 0 Å². The highest BCUT2D eigenvalue weighted by Gasteiger charge is 2.10. The van der Waals surface area contributed by atoms with Crippen LogP contribution in [0.5, 0.6) is 0 Å². The van der Waals surface area contributed by atoms with Crippen LogP contribution in [0.15, 0.2) is 0 Å². The van der Waals surface area contributed by atoms with E-state index in [0.29, 0.717) is 10.6 Å². The van der Waals surface area contributed by atoms with Crippen LogP contribution in [0.3, 0.4) is 0 Å². The molecule has 56 valence electrons. The van der Waals surface area contributed by atoms with Crippen molar-refractivity contribution in [2.24, 2.45) is 0 Å². The molecule has 1 aromatic rings. The molecule has 0 radical (unpaired) electrons. The van der Waals surface area contributed by atoms with Gasteiger partial charge in [0.1, 0.15) is 0 Å². The van der Waals surface area contributed by atoms with Gasteiger partial charge in [0.05, 0.1) is 15.6 Å². The van der Waals surface area contributed by atoms with Crippen molar-refractivity contribution in [2.45, 2.75) is 20.1 Å². The smallest absolute Gasteiger partial charge is 0.189 e. The highest BCUT2D eigenvalue weighted by molar-refractivity contribution is 7.11. The Balaban J connectivity index is 3.03. The molecule has 0 saturated heterocycles. The lowest BCUT2D eigenvalue weighted by Crippen LogP contribution is -1.92. The first kappa shape index (κ1) is 7.65. The SMILES string of the molecule is Cc1nc(C)c(C(O)O)s1. The summed E-state index contributed by atoms with van der Waals surface area (Å²) in [4.78, 5) is 4.57. The molecule has 0 aliphatic carbocycles. The summed E-state index contributed by atoms with van der Waals surface area (Å²) in [5.41, 5.74) is 0.706. The standard InChI is InChI=1S/C6H9NO2S/c1-3-5(6(8)9)10-4(2)7-3/h6,8-9H,1-2H3. The van der Waals surface area contributed by atoms with Crippen molar-refractivity contribution < 1.29 is 10.2 Å². The Hall–Kier alpha value is -0.450. The minimum absolute atomic E-state index is 0.539. The van der Waals surface area contributed by atoms with E-state index in [-0.39, 0.29) is 0 Å². The normalized spacial score (nSPS) is 10.9. The van der Waals surface area contributed by atoms with E-state index in [1.54, 1.807) is 6.92 Å². The van der Waals surface area contributed by atoms with Crippen LogP contribution < -0.4 is 0 Å². The number of aromatic nitrogens is 1. The van der Waals surface area contributed by atoms with E-state index in [0.717, 1.165) is 5.01 Å². The van der Waals surface area contributed by atoms with Crippen LogP contribution in [0, 0.1) is 13.8 Å². The first-order chi connectivity index (χ1) is 4.61. The third kappa shape index (κ3) is 1.34. The van der Waals surface area contributed by atoms with Gasteiger partial charge in [0, 0.05) is 0 Å². The third-order valence-corrected chi connectivity index (χ3v) is 2.29. The summed E-state index contributed by atoms with van der Waals surface area (Å²) in [6.45, 7) is 3.60. The monoisotopic (exact) mass is 159 g/mol. The minimum atomic E-state index is -1.37. The Kier molecular flexibility index (Phi) is 2.03. The maximum atomic E-state index is 8.74. The van der Waals surface area contributed by atoms with Crippen molar-refractivity contribution in [3.63, 3.8) is 0 Å². The molecule has 0 bridgehead atoms. The van der Waals surface area contributed by atoms with Crippen LogP contribution in [-0.2, 0) is 0 Å². The molecule has 10 heavy (non-hydrogen) atoms. The zero-order valence-corrected chi connectivity index (χ0v) is 6.64. The number of aliphatic hydroxyl groups is 2. The second-order valence-corrected chi connectivity index (χ2v) is 3.29. The number of rotatable bonds is 1. The van der Waals surface area contributed by atoms with Crippen molar-refractivity contribution >= 4 is 11.3 Å². The molecule has 0 aliphatic heterocycles. The first-order valence-electron chi connectivity index (χ1n) is 2.91. The van der Waals surface area contributed by atoms with Gasteiger partial charge < -0.3 is 10.2 Å². The van der Waals surface area contributed by atoms with Crippen molar-refractivity contribution in [2.75, 3.05) is 0 Å². The van der Waals surface area contributed by atoms with Crippen LogP contribution >= 0.6 is 11.3 Å². The predicted molar refractivity (Wildman–Crippen MR) is 38.8 cm³/mol. The molecule has 1 heterocycles. The van der Waals surface area contributed by atoms with Gasteiger partial charge in [-0.3, -0.25) is 0 Å². The number of hydrogen-bond donors (Lipinski definition) is 2. The Morgan fingerprint density at radius 1 is 1.40 bits per heavy atom. The molecule has 0 aromatic carbocycles. The van der Waals surface area contributed by atoms with E-state index in [4.69, 9.17) is 10.2 Å². The molecule has 4 heteroatoms. The summed E-state index contributed by atoms with van der Waals surface area (Å²) in [5, 5.41) is 18.3. The van der Waals surface area contributed by atoms with Gasteiger partial charge in [0.25, 0.3) is 0 Å². The lowest BCUT2D eigenvalue weighted by molar-refractivity contribution is -0.0401. The fourth-order valence-electron chi connectivity index (χ4n) is 0.787. The van der Waals surface area contributed by atoms with E-state index in [2.05, 4.69) is 4.98 Å². The number of hydrogen-bond acceptors (Lipinski definition) is 4. The van der Waals surface area contributed by atoms with Crippen molar-refractivity contribution in [3.05, 3.63) is 15.6 Å². The van der Waals surface area contributed by atoms with Crippen molar-refractivity contribution in [1.29, 1.82) is 0 Å². The quantitative estimate of drug-likeness (QED) is 0.594. The molecule has 0 spiro atoms. The summed E-state index contributed by atoms with van der Waals surface area (Å²) >= 11 is 1.31. The number of thiazole rings is 1. The summed E-state index contributed by atoms with van der Waals surface area (Å²) in [6, 6.07) is 0. The first-order valence-corrected chi connectivity index (χ1v) is 3.73. The average Bonchev–Trinajstić information content (AvgIpc) is 2.10. The van der Waals surface area contributed by atoms with E-state index in [1.165, 1.54) is 11.3 Å². The van der Waals surface area contributed by atoms with Crippen LogP contribution in [0.25, 0.3) is 0 Å². The largest absolute Gasteiger partial charge is 0.364 e. The van der Waals surface area contributed by atoms with Gasteiger partial charge in [0.15, 0.2) is 6.29 Å². The maximum absolute atomic E-state index is 8.74. The van der Waals surface area contributed by atoms with Crippen LogP contribution in [-0.4, -0.2) is 15.2 Å². The molecule has 0 aliphatic rings. The van der Waals surface area contributed by atoms with Gasteiger partial charge >= 0.3 is 0 Å². The Morgan fingerprint density at radius 3 is 2.20 bits per heavy atom.